The van der Waals surface area contributed by atoms with Crippen molar-refractivity contribution in [1.29, 1.82) is 0 Å². The quantitative estimate of drug-likeness (QED) is 0.587. The first-order valence-corrected chi connectivity index (χ1v) is 12.3. The number of carbonyl (C=O) groups is 2. The number of nitrogens with zero attached hydrogens (tertiary/aromatic N) is 3. The standard InChI is InChI=1S/C27H37FN4O2/c1-5-20(4)26(33)29-22-13-14-24(23(28)19-22)31-15-17-32(18-16-31)25(21-11-9-8-10-12-21)27(34)30(6-2)7-3/h8-14,19-20,25H,5-7,15-18H2,1-4H3,(H,29,33). The molecule has 1 fully saturated rings. The van der Waals surface area contributed by atoms with Gasteiger partial charge in [0.05, 0.1) is 5.69 Å². The molecule has 3 rings (SSSR count). The third-order valence-electron chi connectivity index (χ3n) is 6.72. The molecule has 2 aromatic rings. The van der Waals surface area contributed by atoms with Gasteiger partial charge in [-0.25, -0.2) is 4.39 Å². The second-order valence-corrected chi connectivity index (χ2v) is 8.81. The second-order valence-electron chi connectivity index (χ2n) is 8.81. The van der Waals surface area contributed by atoms with Crippen LogP contribution in [-0.2, 0) is 9.59 Å². The molecular formula is C27H37FN4O2. The van der Waals surface area contributed by atoms with Gasteiger partial charge in [0.1, 0.15) is 11.9 Å². The average molecular weight is 469 g/mol. The zero-order valence-electron chi connectivity index (χ0n) is 20.8. The van der Waals surface area contributed by atoms with E-state index < -0.39 is 0 Å². The summed E-state index contributed by atoms with van der Waals surface area (Å²) in [6, 6.07) is 14.4. The number of benzene rings is 2. The molecule has 2 aromatic carbocycles. The van der Waals surface area contributed by atoms with E-state index >= 15 is 0 Å². The van der Waals surface area contributed by atoms with E-state index in [1.807, 2.05) is 67.8 Å². The predicted octanol–water partition coefficient (Wildman–Crippen LogP) is 4.54. The van der Waals surface area contributed by atoms with Crippen LogP contribution in [-0.4, -0.2) is 60.9 Å². The van der Waals surface area contributed by atoms with Crippen LogP contribution in [0.15, 0.2) is 48.5 Å². The minimum absolute atomic E-state index is 0.104. The van der Waals surface area contributed by atoms with Gasteiger partial charge in [-0.1, -0.05) is 44.2 Å². The largest absolute Gasteiger partial charge is 0.367 e. The summed E-state index contributed by atoms with van der Waals surface area (Å²) in [5.74, 6) is -0.466. The predicted molar refractivity (Wildman–Crippen MR) is 135 cm³/mol. The van der Waals surface area contributed by atoms with Crippen molar-refractivity contribution in [2.75, 3.05) is 49.5 Å². The Labute approximate surface area is 202 Å². The SMILES string of the molecule is CCC(C)C(=O)Nc1ccc(N2CCN(C(C(=O)N(CC)CC)c3ccccc3)CC2)c(F)c1. The zero-order valence-corrected chi connectivity index (χ0v) is 20.8. The molecule has 0 spiro atoms. The Balaban J connectivity index is 1.71. The maximum atomic E-state index is 14.9. The Morgan fingerprint density at radius 1 is 1.00 bits per heavy atom. The molecule has 0 aliphatic carbocycles. The highest BCUT2D eigenvalue weighted by atomic mass is 19.1. The molecule has 0 aromatic heterocycles. The summed E-state index contributed by atoms with van der Waals surface area (Å²) in [5.41, 5.74) is 1.98. The number of carbonyl (C=O) groups excluding carboxylic acids is 2. The maximum Gasteiger partial charge on any atom is 0.244 e. The number of hydrogen-bond acceptors (Lipinski definition) is 4. The topological polar surface area (TPSA) is 55.9 Å². The monoisotopic (exact) mass is 468 g/mol. The highest BCUT2D eigenvalue weighted by Gasteiger charge is 2.33. The fourth-order valence-electron chi connectivity index (χ4n) is 4.37. The van der Waals surface area contributed by atoms with Gasteiger partial charge >= 0.3 is 0 Å². The van der Waals surface area contributed by atoms with E-state index in [0.717, 1.165) is 12.0 Å². The van der Waals surface area contributed by atoms with Crippen molar-refractivity contribution in [3.05, 3.63) is 59.9 Å². The van der Waals surface area contributed by atoms with Gasteiger partial charge in [0.25, 0.3) is 0 Å². The van der Waals surface area contributed by atoms with Crippen LogP contribution < -0.4 is 10.2 Å². The Kier molecular flexibility index (Phi) is 9.05. The van der Waals surface area contributed by atoms with E-state index in [-0.39, 0.29) is 29.6 Å². The number of likely N-dealkylation sites (N-methyl/N-ethyl adjacent to an activating group) is 1. The molecule has 0 radical (unpaired) electrons. The van der Waals surface area contributed by atoms with Crippen LogP contribution in [0.5, 0.6) is 0 Å². The first-order chi connectivity index (χ1) is 16.4. The van der Waals surface area contributed by atoms with E-state index in [2.05, 4.69) is 10.2 Å². The van der Waals surface area contributed by atoms with Crippen LogP contribution >= 0.6 is 0 Å². The third-order valence-corrected chi connectivity index (χ3v) is 6.72. The van der Waals surface area contributed by atoms with Crippen molar-refractivity contribution in [1.82, 2.24) is 9.80 Å². The molecule has 2 unspecified atom stereocenters. The van der Waals surface area contributed by atoms with Crippen LogP contribution in [0.2, 0.25) is 0 Å². The summed E-state index contributed by atoms with van der Waals surface area (Å²) in [4.78, 5) is 31.6. The second kappa shape index (κ2) is 12.0. The normalized spacial score (nSPS) is 16.1. The molecule has 2 amide bonds. The molecule has 34 heavy (non-hydrogen) atoms. The molecular weight excluding hydrogens is 431 g/mol. The number of anilines is 2. The van der Waals surface area contributed by atoms with Crippen molar-refractivity contribution < 1.29 is 14.0 Å². The van der Waals surface area contributed by atoms with E-state index in [4.69, 9.17) is 0 Å². The van der Waals surface area contributed by atoms with Gasteiger partial charge in [0.15, 0.2) is 0 Å². The maximum absolute atomic E-state index is 14.9. The number of amides is 2. The molecule has 0 bridgehead atoms. The molecule has 6 nitrogen and oxygen atoms in total. The number of hydrogen-bond donors (Lipinski definition) is 1. The van der Waals surface area contributed by atoms with Gasteiger partial charge in [-0.3, -0.25) is 14.5 Å². The highest BCUT2D eigenvalue weighted by molar-refractivity contribution is 5.92. The summed E-state index contributed by atoms with van der Waals surface area (Å²) < 4.78 is 14.9. The fourth-order valence-corrected chi connectivity index (χ4v) is 4.37. The number of rotatable bonds is 9. The lowest BCUT2D eigenvalue weighted by Gasteiger charge is -2.41. The first kappa shape index (κ1) is 25.7. The summed E-state index contributed by atoms with van der Waals surface area (Å²) in [7, 11) is 0. The number of nitrogens with one attached hydrogen (secondary N) is 1. The van der Waals surface area contributed by atoms with Gasteiger partial charge in [-0.05, 0) is 44.0 Å². The molecule has 184 valence electrons. The van der Waals surface area contributed by atoms with Crippen LogP contribution in [0.1, 0.15) is 45.7 Å². The summed E-state index contributed by atoms with van der Waals surface area (Å²) >= 11 is 0. The Bertz CT molecular complexity index is 956. The minimum Gasteiger partial charge on any atom is -0.367 e. The van der Waals surface area contributed by atoms with E-state index in [0.29, 0.717) is 50.6 Å². The van der Waals surface area contributed by atoms with Crippen molar-refractivity contribution in [3.63, 3.8) is 0 Å². The lowest BCUT2D eigenvalue weighted by Crippen LogP contribution is -2.51. The van der Waals surface area contributed by atoms with Gasteiger partial charge < -0.3 is 15.1 Å². The highest BCUT2D eigenvalue weighted by Crippen LogP contribution is 2.28. The van der Waals surface area contributed by atoms with E-state index in [1.165, 1.54) is 6.07 Å². The van der Waals surface area contributed by atoms with E-state index in [9.17, 15) is 14.0 Å². The molecule has 1 heterocycles. The van der Waals surface area contributed by atoms with Crippen LogP contribution in [0, 0.1) is 11.7 Å². The molecule has 1 aliphatic heterocycles. The molecule has 7 heteroatoms. The van der Waals surface area contributed by atoms with Gasteiger partial charge in [-0.15, -0.1) is 0 Å². The molecule has 1 aliphatic rings. The molecule has 1 saturated heterocycles. The van der Waals surface area contributed by atoms with Gasteiger partial charge in [0.2, 0.25) is 11.8 Å². The van der Waals surface area contributed by atoms with Crippen molar-refractivity contribution >= 4 is 23.2 Å². The van der Waals surface area contributed by atoms with Gasteiger partial charge in [0, 0.05) is 50.9 Å². The van der Waals surface area contributed by atoms with Crippen molar-refractivity contribution in [3.8, 4) is 0 Å². The third kappa shape index (κ3) is 5.95. The van der Waals surface area contributed by atoms with Crippen molar-refractivity contribution in [2.24, 2.45) is 5.92 Å². The average Bonchev–Trinajstić information content (AvgIpc) is 2.86. The van der Waals surface area contributed by atoms with Crippen LogP contribution in [0.25, 0.3) is 0 Å². The summed E-state index contributed by atoms with van der Waals surface area (Å²) in [6.45, 7) is 11.7. The summed E-state index contributed by atoms with van der Waals surface area (Å²) in [6.07, 6.45) is 0.734. The lowest BCUT2D eigenvalue weighted by molar-refractivity contribution is -0.137. The zero-order chi connectivity index (χ0) is 24.7. The minimum atomic E-state index is -0.353. The Hall–Kier alpha value is -2.93. The van der Waals surface area contributed by atoms with Gasteiger partial charge in [-0.2, -0.15) is 0 Å². The van der Waals surface area contributed by atoms with Crippen LogP contribution in [0.3, 0.4) is 0 Å². The Morgan fingerprint density at radius 3 is 2.21 bits per heavy atom. The smallest absolute Gasteiger partial charge is 0.244 e. The molecule has 1 N–H and O–H groups in total. The number of piperazine rings is 1. The van der Waals surface area contributed by atoms with E-state index in [1.54, 1.807) is 12.1 Å². The first-order valence-electron chi connectivity index (χ1n) is 12.3. The lowest BCUT2D eigenvalue weighted by atomic mass is 10.0. The molecule has 0 saturated carbocycles. The van der Waals surface area contributed by atoms with Crippen LogP contribution in [0.4, 0.5) is 15.8 Å². The number of halogens is 1. The fraction of sp³-hybridized carbons (Fsp3) is 0.481. The Morgan fingerprint density at radius 2 is 1.65 bits per heavy atom. The molecule has 2 atom stereocenters. The van der Waals surface area contributed by atoms with Crippen molar-refractivity contribution in [2.45, 2.75) is 40.2 Å². The summed E-state index contributed by atoms with van der Waals surface area (Å²) in [5, 5.41) is 2.79.